The van der Waals surface area contributed by atoms with Gasteiger partial charge >= 0.3 is 0 Å². The molecule has 1 aromatic carbocycles. The second kappa shape index (κ2) is 5.89. The minimum Gasteiger partial charge on any atom is -0.313 e. The number of carbonyl (C=O) groups is 1. The normalized spacial score (nSPS) is 10.5. The first kappa shape index (κ1) is 14.7. The van der Waals surface area contributed by atoms with Crippen LogP contribution in [0, 0.1) is 6.57 Å². The second-order valence-electron chi connectivity index (χ2n) is 5.02. The minimum absolute atomic E-state index is 0.00101. The molecule has 0 unspecified atom stereocenters. The van der Waals surface area contributed by atoms with E-state index < -0.39 is 0 Å². The summed E-state index contributed by atoms with van der Waals surface area (Å²) in [7, 11) is 0. The molecule has 114 valence electrons. The maximum absolute atomic E-state index is 11.7. The molecular formula is C17H15N5O. The smallest absolute Gasteiger partial charge is 0.250 e. The maximum Gasteiger partial charge on any atom is 0.250 e. The molecule has 23 heavy (non-hydrogen) atoms. The van der Waals surface area contributed by atoms with Gasteiger partial charge in [0.05, 0.1) is 18.5 Å². The van der Waals surface area contributed by atoms with Crippen LogP contribution in [0.1, 0.15) is 13.8 Å². The van der Waals surface area contributed by atoms with Crippen molar-refractivity contribution in [2.75, 3.05) is 11.4 Å². The van der Waals surface area contributed by atoms with Crippen LogP contribution in [-0.4, -0.2) is 27.0 Å². The van der Waals surface area contributed by atoms with Gasteiger partial charge in [0.1, 0.15) is 0 Å². The highest BCUT2D eigenvalue weighted by molar-refractivity contribution is 5.92. The van der Waals surface area contributed by atoms with Crippen LogP contribution in [0.3, 0.4) is 0 Å². The Bertz CT molecular complexity index is 922. The zero-order valence-electron chi connectivity index (χ0n) is 12.9. The molecule has 0 aliphatic heterocycles. The summed E-state index contributed by atoms with van der Waals surface area (Å²) in [5.74, 6) is -0.00101. The Morgan fingerprint density at radius 3 is 2.91 bits per heavy atom. The number of carbonyl (C=O) groups excluding carboxylic acids is 1. The van der Waals surface area contributed by atoms with Crippen LogP contribution in [0.4, 0.5) is 11.4 Å². The molecule has 0 bridgehead atoms. The van der Waals surface area contributed by atoms with Crippen molar-refractivity contribution in [3.05, 3.63) is 54.1 Å². The molecular weight excluding hydrogens is 290 g/mol. The molecule has 6 heteroatoms. The minimum atomic E-state index is -0.00101. The van der Waals surface area contributed by atoms with Crippen molar-refractivity contribution in [3.63, 3.8) is 0 Å². The maximum atomic E-state index is 11.7. The highest BCUT2D eigenvalue weighted by Crippen LogP contribution is 2.27. The first-order chi connectivity index (χ1) is 11.2. The monoisotopic (exact) mass is 305 g/mol. The highest BCUT2D eigenvalue weighted by Gasteiger charge is 2.13. The predicted octanol–water partition coefficient (Wildman–Crippen LogP) is 3.32. The molecule has 0 atom stereocenters. The fraction of sp³-hybridized carbons (Fsp3) is 0.176. The van der Waals surface area contributed by atoms with Crippen molar-refractivity contribution in [1.82, 2.24) is 14.6 Å². The summed E-state index contributed by atoms with van der Waals surface area (Å²) in [5.41, 5.74) is 3.52. The lowest BCUT2D eigenvalue weighted by Gasteiger charge is -2.19. The molecule has 0 saturated heterocycles. The fourth-order valence-electron chi connectivity index (χ4n) is 2.60. The molecule has 3 rings (SSSR count). The van der Waals surface area contributed by atoms with Crippen LogP contribution in [-0.2, 0) is 4.79 Å². The lowest BCUT2D eigenvalue weighted by molar-refractivity contribution is -0.116. The highest BCUT2D eigenvalue weighted by atomic mass is 16.2. The molecule has 1 amide bonds. The van der Waals surface area contributed by atoms with Crippen molar-refractivity contribution >= 4 is 22.9 Å². The molecule has 0 saturated carbocycles. The third kappa shape index (κ3) is 2.53. The number of hydrogen-bond acceptors (Lipinski definition) is 3. The Labute approximate surface area is 133 Å². The lowest BCUT2D eigenvalue weighted by Crippen LogP contribution is -2.27. The average Bonchev–Trinajstić information content (AvgIpc) is 2.98. The van der Waals surface area contributed by atoms with Crippen LogP contribution in [0.15, 0.2) is 42.7 Å². The number of fused-ring (bicyclic) bond motifs is 1. The van der Waals surface area contributed by atoms with Crippen molar-refractivity contribution in [3.8, 4) is 11.3 Å². The molecule has 0 fully saturated rings. The predicted molar refractivity (Wildman–Crippen MR) is 88.4 cm³/mol. The van der Waals surface area contributed by atoms with Crippen LogP contribution in [0.2, 0.25) is 0 Å². The van der Waals surface area contributed by atoms with Crippen molar-refractivity contribution in [2.45, 2.75) is 13.8 Å². The molecule has 6 nitrogen and oxygen atoms in total. The SMILES string of the molecule is [C-]#[N+]c1cnn2c(-c3cccc(N(CC)C(C)=O)c3)ccnc12. The van der Waals surface area contributed by atoms with Gasteiger partial charge < -0.3 is 4.90 Å². The van der Waals surface area contributed by atoms with Crippen molar-refractivity contribution in [2.24, 2.45) is 0 Å². The third-order valence-corrected chi connectivity index (χ3v) is 3.65. The van der Waals surface area contributed by atoms with Crippen LogP contribution >= 0.6 is 0 Å². The summed E-state index contributed by atoms with van der Waals surface area (Å²) in [4.78, 5) is 21.1. The number of amides is 1. The van der Waals surface area contributed by atoms with Gasteiger partial charge in [-0.1, -0.05) is 12.1 Å². The Morgan fingerprint density at radius 1 is 1.39 bits per heavy atom. The molecule has 0 spiro atoms. The molecule has 0 radical (unpaired) electrons. The topological polar surface area (TPSA) is 54.9 Å². The first-order valence-corrected chi connectivity index (χ1v) is 7.24. The Kier molecular flexibility index (Phi) is 3.77. The zero-order chi connectivity index (χ0) is 16.4. The molecule has 0 aliphatic rings. The van der Waals surface area contributed by atoms with Gasteiger partial charge in [0.25, 0.3) is 0 Å². The standard InChI is InChI=1S/C17H15N5O/c1-4-21(12(2)23)14-7-5-6-13(10-14)16-8-9-19-17-15(18-3)11-20-22(16)17/h5-11H,4H2,1-2H3. The molecule has 3 aromatic rings. The molecule has 0 aliphatic carbocycles. The summed E-state index contributed by atoms with van der Waals surface area (Å²) in [6.45, 7) is 11.3. The van der Waals surface area contributed by atoms with E-state index in [4.69, 9.17) is 6.57 Å². The summed E-state index contributed by atoms with van der Waals surface area (Å²) in [6, 6.07) is 9.55. The van der Waals surface area contributed by atoms with E-state index >= 15 is 0 Å². The Balaban J connectivity index is 2.15. The average molecular weight is 305 g/mol. The summed E-state index contributed by atoms with van der Waals surface area (Å²) in [5, 5.41) is 4.26. The number of anilines is 1. The van der Waals surface area contributed by atoms with Gasteiger partial charge in [-0.3, -0.25) is 4.79 Å². The molecule has 2 aromatic heterocycles. The zero-order valence-corrected chi connectivity index (χ0v) is 12.9. The van der Waals surface area contributed by atoms with Crippen LogP contribution < -0.4 is 4.90 Å². The number of hydrogen-bond donors (Lipinski definition) is 0. The number of aromatic nitrogens is 3. The van der Waals surface area contributed by atoms with E-state index in [0.717, 1.165) is 16.9 Å². The van der Waals surface area contributed by atoms with E-state index in [2.05, 4.69) is 14.9 Å². The largest absolute Gasteiger partial charge is 0.313 e. The second-order valence-corrected chi connectivity index (χ2v) is 5.02. The van der Waals surface area contributed by atoms with E-state index in [1.807, 2.05) is 37.3 Å². The first-order valence-electron chi connectivity index (χ1n) is 7.24. The third-order valence-electron chi connectivity index (χ3n) is 3.65. The summed E-state index contributed by atoms with van der Waals surface area (Å²) < 4.78 is 1.65. The van der Waals surface area contributed by atoms with Gasteiger partial charge in [0, 0.05) is 30.9 Å². The fourth-order valence-corrected chi connectivity index (χ4v) is 2.60. The van der Waals surface area contributed by atoms with Crippen LogP contribution in [0.5, 0.6) is 0 Å². The number of nitrogens with zero attached hydrogens (tertiary/aromatic N) is 5. The van der Waals surface area contributed by atoms with Crippen LogP contribution in [0.25, 0.3) is 21.7 Å². The number of benzene rings is 1. The molecule has 2 heterocycles. The van der Waals surface area contributed by atoms with Gasteiger partial charge in [-0.2, -0.15) is 5.10 Å². The Morgan fingerprint density at radius 2 is 2.22 bits per heavy atom. The van der Waals surface area contributed by atoms with Crippen molar-refractivity contribution in [1.29, 1.82) is 0 Å². The van der Waals surface area contributed by atoms with Gasteiger partial charge in [-0.05, 0) is 25.1 Å². The summed E-state index contributed by atoms with van der Waals surface area (Å²) in [6.07, 6.45) is 3.17. The number of rotatable bonds is 3. The molecule has 0 N–H and O–H groups in total. The van der Waals surface area contributed by atoms with Gasteiger partial charge in [0.15, 0.2) is 5.65 Å². The van der Waals surface area contributed by atoms with E-state index in [9.17, 15) is 4.79 Å². The van der Waals surface area contributed by atoms with E-state index in [-0.39, 0.29) is 5.91 Å². The van der Waals surface area contributed by atoms with Gasteiger partial charge in [-0.15, -0.1) is 0 Å². The Hall–Kier alpha value is -3.20. The summed E-state index contributed by atoms with van der Waals surface area (Å²) >= 11 is 0. The lowest BCUT2D eigenvalue weighted by atomic mass is 10.1. The van der Waals surface area contributed by atoms with Crippen molar-refractivity contribution < 1.29 is 4.79 Å². The van der Waals surface area contributed by atoms with Gasteiger partial charge in [-0.25, -0.2) is 14.3 Å². The van der Waals surface area contributed by atoms with E-state index in [1.165, 1.54) is 6.20 Å². The van der Waals surface area contributed by atoms with E-state index in [1.54, 1.807) is 22.5 Å². The van der Waals surface area contributed by atoms with Gasteiger partial charge in [0.2, 0.25) is 11.6 Å². The quantitative estimate of drug-likeness (QED) is 0.698. The van der Waals surface area contributed by atoms with E-state index in [0.29, 0.717) is 17.9 Å².